The van der Waals surface area contributed by atoms with Gasteiger partial charge in [-0.05, 0) is 65.2 Å². The van der Waals surface area contributed by atoms with Gasteiger partial charge in [0.1, 0.15) is 18.1 Å². The third kappa shape index (κ3) is 7.04. The molecule has 2 aromatic rings. The molecule has 0 heterocycles. The van der Waals surface area contributed by atoms with Gasteiger partial charge in [0.15, 0.2) is 0 Å². The van der Waals surface area contributed by atoms with E-state index in [0.29, 0.717) is 30.2 Å². The van der Waals surface area contributed by atoms with Crippen molar-refractivity contribution in [2.75, 3.05) is 18.5 Å². The predicted molar refractivity (Wildman–Crippen MR) is 118 cm³/mol. The molecule has 2 aromatic carbocycles. The molecule has 0 saturated heterocycles. The third-order valence-corrected chi connectivity index (χ3v) is 4.68. The predicted octanol–water partition coefficient (Wildman–Crippen LogP) is 6.62. The number of benzene rings is 2. The summed E-state index contributed by atoms with van der Waals surface area (Å²) < 4.78 is 12.3. The molecule has 5 heteroatoms. The van der Waals surface area contributed by atoms with Crippen molar-refractivity contribution in [1.29, 1.82) is 0 Å². The highest BCUT2D eigenvalue weighted by atomic mass is 79.9. The lowest BCUT2D eigenvalue weighted by atomic mass is 10.2. The summed E-state index contributed by atoms with van der Waals surface area (Å²) in [5.41, 5.74) is 2.08. The van der Waals surface area contributed by atoms with E-state index >= 15 is 0 Å². The molecule has 2 rings (SSSR count). The largest absolute Gasteiger partial charge is 0.492 e. The maximum atomic E-state index is 12.7. The minimum Gasteiger partial charge on any atom is -0.492 e. The minimum absolute atomic E-state index is 0.207. The van der Waals surface area contributed by atoms with Crippen LogP contribution >= 0.6 is 15.9 Å². The number of carbonyl (C=O) groups excluding carboxylic acids is 1. The molecule has 1 N–H and O–H groups in total. The van der Waals surface area contributed by atoms with Crippen molar-refractivity contribution in [2.24, 2.45) is 0 Å². The molecule has 28 heavy (non-hydrogen) atoms. The third-order valence-electron chi connectivity index (χ3n) is 4.06. The molecule has 0 unspecified atom stereocenters. The molecule has 4 nitrogen and oxygen atoms in total. The zero-order chi connectivity index (χ0) is 20.4. The summed E-state index contributed by atoms with van der Waals surface area (Å²) in [5, 5.41) is 2.91. The van der Waals surface area contributed by atoms with Crippen LogP contribution in [0.2, 0.25) is 0 Å². The average molecular weight is 446 g/mol. The molecule has 0 aromatic heterocycles. The number of hydrogen-bond donors (Lipinski definition) is 1. The monoisotopic (exact) mass is 445 g/mol. The summed E-state index contributed by atoms with van der Waals surface area (Å²) >= 11 is 3.50. The second-order valence-corrected chi connectivity index (χ2v) is 7.60. The van der Waals surface area contributed by atoms with Gasteiger partial charge in [-0.2, -0.15) is 0 Å². The number of nitrogens with one attached hydrogen (secondary N) is 1. The average Bonchev–Trinajstić information content (AvgIpc) is 2.68. The molecule has 0 aliphatic carbocycles. The Morgan fingerprint density at radius 2 is 1.86 bits per heavy atom. The number of para-hydroxylation sites is 2. The molecule has 0 spiro atoms. The first-order valence-corrected chi connectivity index (χ1v) is 10.4. The topological polar surface area (TPSA) is 47.6 Å². The molecule has 0 bridgehead atoms. The van der Waals surface area contributed by atoms with Crippen LogP contribution < -0.4 is 14.8 Å². The van der Waals surface area contributed by atoms with E-state index in [1.807, 2.05) is 37.3 Å². The van der Waals surface area contributed by atoms with E-state index in [9.17, 15) is 4.79 Å². The standard InChI is InChI=1S/C23H28BrNO3/c1-4-5-6-9-14-27-21-13-12-18(15-19(21)24)23(26)25-20-10-7-8-11-22(20)28-16-17(2)3/h7-8,10-13,15H,2,4-6,9,14,16H2,1,3H3,(H,25,26). The highest BCUT2D eigenvalue weighted by molar-refractivity contribution is 9.10. The van der Waals surface area contributed by atoms with Crippen LogP contribution in [0.5, 0.6) is 11.5 Å². The smallest absolute Gasteiger partial charge is 0.255 e. The number of anilines is 1. The van der Waals surface area contributed by atoms with E-state index < -0.39 is 0 Å². The van der Waals surface area contributed by atoms with Gasteiger partial charge in [0.05, 0.1) is 16.8 Å². The summed E-state index contributed by atoms with van der Waals surface area (Å²) in [6, 6.07) is 12.7. The highest BCUT2D eigenvalue weighted by Crippen LogP contribution is 2.28. The summed E-state index contributed by atoms with van der Waals surface area (Å²) in [7, 11) is 0. The van der Waals surface area contributed by atoms with Crippen molar-refractivity contribution in [2.45, 2.75) is 39.5 Å². The van der Waals surface area contributed by atoms with Crippen molar-refractivity contribution >= 4 is 27.5 Å². The second kappa shape index (κ2) is 11.5. The Bertz CT molecular complexity index is 804. The van der Waals surface area contributed by atoms with Crippen molar-refractivity contribution in [3.05, 3.63) is 64.7 Å². The Hall–Kier alpha value is -2.27. The Balaban J connectivity index is 1.99. The van der Waals surface area contributed by atoms with Gasteiger partial charge in [-0.25, -0.2) is 0 Å². The number of amides is 1. The molecule has 0 radical (unpaired) electrons. The maximum absolute atomic E-state index is 12.7. The molecule has 0 saturated carbocycles. The molecule has 1 amide bonds. The lowest BCUT2D eigenvalue weighted by Gasteiger charge is -2.13. The normalized spacial score (nSPS) is 10.4. The Kier molecular flexibility index (Phi) is 9.08. The number of unbranched alkanes of at least 4 members (excludes halogenated alkanes) is 3. The van der Waals surface area contributed by atoms with Crippen molar-refractivity contribution in [1.82, 2.24) is 0 Å². The van der Waals surface area contributed by atoms with Gasteiger partial charge >= 0.3 is 0 Å². The fourth-order valence-corrected chi connectivity index (χ4v) is 3.05. The quantitative estimate of drug-likeness (QED) is 0.312. The molecule has 0 aliphatic rings. The molecular weight excluding hydrogens is 418 g/mol. The second-order valence-electron chi connectivity index (χ2n) is 6.75. The van der Waals surface area contributed by atoms with Crippen LogP contribution in [0.4, 0.5) is 5.69 Å². The lowest BCUT2D eigenvalue weighted by Crippen LogP contribution is -2.13. The molecule has 150 valence electrons. The fraction of sp³-hybridized carbons (Fsp3) is 0.348. The first kappa shape index (κ1) is 22.0. The van der Waals surface area contributed by atoms with Crippen LogP contribution in [-0.4, -0.2) is 19.1 Å². The molecule has 0 aliphatic heterocycles. The van der Waals surface area contributed by atoms with Crippen LogP contribution in [-0.2, 0) is 0 Å². The Morgan fingerprint density at radius 3 is 2.57 bits per heavy atom. The number of ether oxygens (including phenoxy) is 2. The summed E-state index contributed by atoms with van der Waals surface area (Å²) in [4.78, 5) is 12.7. The van der Waals surface area contributed by atoms with Crippen LogP contribution in [0.1, 0.15) is 49.9 Å². The van der Waals surface area contributed by atoms with Gasteiger partial charge in [0, 0.05) is 5.56 Å². The molecule has 0 atom stereocenters. The summed E-state index contributed by atoms with van der Waals surface area (Å²) in [6.45, 7) is 9.00. The van der Waals surface area contributed by atoms with Gasteiger partial charge in [-0.3, -0.25) is 4.79 Å². The van der Waals surface area contributed by atoms with Crippen molar-refractivity contribution < 1.29 is 14.3 Å². The van der Waals surface area contributed by atoms with Gasteiger partial charge in [0.25, 0.3) is 5.91 Å². The molecule has 0 fully saturated rings. The lowest BCUT2D eigenvalue weighted by molar-refractivity contribution is 0.102. The summed E-state index contributed by atoms with van der Waals surface area (Å²) in [6.07, 6.45) is 4.63. The van der Waals surface area contributed by atoms with Gasteiger partial charge in [-0.1, -0.05) is 44.9 Å². The van der Waals surface area contributed by atoms with Crippen molar-refractivity contribution in [3.63, 3.8) is 0 Å². The van der Waals surface area contributed by atoms with Gasteiger partial charge < -0.3 is 14.8 Å². The number of carbonyl (C=O) groups is 1. The zero-order valence-corrected chi connectivity index (χ0v) is 18.2. The number of hydrogen-bond acceptors (Lipinski definition) is 3. The van der Waals surface area contributed by atoms with E-state index in [1.165, 1.54) is 19.3 Å². The Labute approximate surface area is 176 Å². The van der Waals surface area contributed by atoms with Crippen LogP contribution in [0.3, 0.4) is 0 Å². The van der Waals surface area contributed by atoms with Gasteiger partial charge in [0.2, 0.25) is 0 Å². The highest BCUT2D eigenvalue weighted by Gasteiger charge is 2.12. The Morgan fingerprint density at radius 1 is 1.07 bits per heavy atom. The van der Waals surface area contributed by atoms with E-state index in [-0.39, 0.29) is 5.91 Å². The zero-order valence-electron chi connectivity index (χ0n) is 16.6. The molecular formula is C23H28BrNO3. The van der Waals surface area contributed by atoms with E-state index in [0.717, 1.165) is 22.2 Å². The fourth-order valence-electron chi connectivity index (χ4n) is 2.56. The van der Waals surface area contributed by atoms with E-state index in [4.69, 9.17) is 9.47 Å². The number of halogens is 1. The van der Waals surface area contributed by atoms with Crippen LogP contribution in [0.15, 0.2) is 59.1 Å². The summed E-state index contributed by atoms with van der Waals surface area (Å²) in [5.74, 6) is 1.16. The maximum Gasteiger partial charge on any atom is 0.255 e. The first-order valence-electron chi connectivity index (χ1n) is 9.61. The van der Waals surface area contributed by atoms with Crippen LogP contribution in [0, 0.1) is 0 Å². The van der Waals surface area contributed by atoms with E-state index in [2.05, 4.69) is 34.7 Å². The van der Waals surface area contributed by atoms with Crippen LogP contribution in [0.25, 0.3) is 0 Å². The van der Waals surface area contributed by atoms with Gasteiger partial charge in [-0.15, -0.1) is 0 Å². The first-order chi connectivity index (χ1) is 13.5. The van der Waals surface area contributed by atoms with E-state index in [1.54, 1.807) is 12.1 Å². The minimum atomic E-state index is -0.207. The van der Waals surface area contributed by atoms with Crippen molar-refractivity contribution in [3.8, 4) is 11.5 Å². The number of rotatable bonds is 11. The SMILES string of the molecule is C=C(C)COc1ccccc1NC(=O)c1ccc(OCCCCCC)c(Br)c1.